The zero-order valence-electron chi connectivity index (χ0n) is 14.1. The normalized spacial score (nSPS) is 22.1. The van der Waals surface area contributed by atoms with Crippen LogP contribution in [0.5, 0.6) is 0 Å². The van der Waals surface area contributed by atoms with Gasteiger partial charge in [-0.2, -0.15) is 0 Å². The Kier molecular flexibility index (Phi) is 5.50. The minimum atomic E-state index is -0.0581. The van der Waals surface area contributed by atoms with Crippen LogP contribution in [-0.2, 0) is 11.2 Å². The molecular formula is C18H31NO2. The first kappa shape index (κ1) is 16.6. The highest BCUT2D eigenvalue weighted by atomic mass is 16.5. The molecule has 1 aromatic rings. The third kappa shape index (κ3) is 4.10. The molecule has 3 nitrogen and oxygen atoms in total. The van der Waals surface area contributed by atoms with E-state index >= 15 is 0 Å². The second-order valence-corrected chi connectivity index (χ2v) is 7.22. The molecule has 1 aromatic heterocycles. The average Bonchev–Trinajstić information content (AvgIpc) is 2.97. The number of methoxy groups -OCH3 is 1. The van der Waals surface area contributed by atoms with Gasteiger partial charge in [-0.25, -0.2) is 0 Å². The Hall–Kier alpha value is -0.800. The summed E-state index contributed by atoms with van der Waals surface area (Å²) in [4.78, 5) is 0. The van der Waals surface area contributed by atoms with Gasteiger partial charge in [-0.1, -0.05) is 20.8 Å². The summed E-state index contributed by atoms with van der Waals surface area (Å²) < 4.78 is 11.6. The van der Waals surface area contributed by atoms with E-state index in [4.69, 9.17) is 9.15 Å². The van der Waals surface area contributed by atoms with Crippen molar-refractivity contribution in [2.24, 2.45) is 5.41 Å². The highest BCUT2D eigenvalue weighted by Crippen LogP contribution is 2.44. The molecule has 1 N–H and O–H groups in total. The van der Waals surface area contributed by atoms with Crippen molar-refractivity contribution >= 4 is 0 Å². The van der Waals surface area contributed by atoms with Gasteiger partial charge in [0.05, 0.1) is 11.9 Å². The molecule has 3 heteroatoms. The van der Waals surface area contributed by atoms with Gasteiger partial charge in [-0.05, 0) is 56.2 Å². The van der Waals surface area contributed by atoms with Crippen LogP contribution >= 0.6 is 0 Å². The lowest BCUT2D eigenvalue weighted by Crippen LogP contribution is -2.55. The molecule has 1 heterocycles. The minimum absolute atomic E-state index is 0.0581. The fourth-order valence-electron chi connectivity index (χ4n) is 3.44. The van der Waals surface area contributed by atoms with E-state index in [2.05, 4.69) is 32.2 Å². The minimum Gasteiger partial charge on any atom is -0.469 e. The zero-order chi connectivity index (χ0) is 15.3. The number of hydrogen-bond acceptors (Lipinski definition) is 3. The summed E-state index contributed by atoms with van der Waals surface area (Å²) in [6, 6.07) is 4.36. The van der Waals surface area contributed by atoms with Crippen LogP contribution in [0.4, 0.5) is 0 Å². The van der Waals surface area contributed by atoms with E-state index in [9.17, 15) is 0 Å². The SMILES string of the molecule is CCCNC(Cc1ccco1)C1(OC)CCC(C)(C)CC1. The van der Waals surface area contributed by atoms with E-state index in [0.29, 0.717) is 11.5 Å². The van der Waals surface area contributed by atoms with E-state index in [0.717, 1.165) is 38.0 Å². The maximum atomic E-state index is 6.08. The molecule has 2 rings (SSSR count). The van der Waals surface area contributed by atoms with Crippen LogP contribution in [0, 0.1) is 5.41 Å². The number of hydrogen-bond donors (Lipinski definition) is 1. The van der Waals surface area contributed by atoms with Crippen molar-refractivity contribution in [3.8, 4) is 0 Å². The van der Waals surface area contributed by atoms with Crippen molar-refractivity contribution in [2.75, 3.05) is 13.7 Å². The molecule has 1 unspecified atom stereocenters. The number of rotatable bonds is 7. The third-order valence-electron chi connectivity index (χ3n) is 5.12. The second kappa shape index (κ2) is 6.97. The van der Waals surface area contributed by atoms with Gasteiger partial charge in [-0.15, -0.1) is 0 Å². The molecule has 0 aliphatic heterocycles. The van der Waals surface area contributed by atoms with Crippen LogP contribution < -0.4 is 5.32 Å². The molecule has 1 aliphatic rings. The third-order valence-corrected chi connectivity index (χ3v) is 5.12. The van der Waals surface area contributed by atoms with Gasteiger partial charge in [0.1, 0.15) is 5.76 Å². The molecule has 1 atom stereocenters. The van der Waals surface area contributed by atoms with Crippen molar-refractivity contribution < 1.29 is 9.15 Å². The molecule has 0 aromatic carbocycles. The maximum absolute atomic E-state index is 6.08. The largest absolute Gasteiger partial charge is 0.469 e. The number of nitrogens with one attached hydrogen (secondary N) is 1. The Bertz CT molecular complexity index is 401. The van der Waals surface area contributed by atoms with E-state index in [1.807, 2.05) is 13.2 Å². The summed E-state index contributed by atoms with van der Waals surface area (Å²) in [5.41, 5.74) is 0.388. The Labute approximate surface area is 129 Å². The standard InChI is InChI=1S/C18H31NO2/c1-5-12-19-16(14-15-7-6-13-21-15)18(20-4)10-8-17(2,3)9-11-18/h6-7,13,16,19H,5,8-12,14H2,1-4H3. The van der Waals surface area contributed by atoms with Gasteiger partial charge in [0.2, 0.25) is 0 Å². The second-order valence-electron chi connectivity index (χ2n) is 7.22. The molecule has 0 spiro atoms. The molecule has 0 radical (unpaired) electrons. The fourth-order valence-corrected chi connectivity index (χ4v) is 3.44. The Morgan fingerprint density at radius 1 is 1.29 bits per heavy atom. The molecular weight excluding hydrogens is 262 g/mol. The van der Waals surface area contributed by atoms with E-state index in [1.165, 1.54) is 12.8 Å². The summed E-state index contributed by atoms with van der Waals surface area (Å²) >= 11 is 0. The fraction of sp³-hybridized carbons (Fsp3) is 0.778. The lowest BCUT2D eigenvalue weighted by molar-refractivity contribution is -0.0868. The highest BCUT2D eigenvalue weighted by molar-refractivity contribution is 5.07. The highest BCUT2D eigenvalue weighted by Gasteiger charge is 2.44. The van der Waals surface area contributed by atoms with E-state index in [-0.39, 0.29) is 5.60 Å². The smallest absolute Gasteiger partial charge is 0.105 e. The van der Waals surface area contributed by atoms with Crippen molar-refractivity contribution in [2.45, 2.75) is 70.9 Å². The van der Waals surface area contributed by atoms with Gasteiger partial charge < -0.3 is 14.5 Å². The predicted octanol–water partition coefficient (Wildman–Crippen LogP) is 4.18. The molecule has 1 saturated carbocycles. The maximum Gasteiger partial charge on any atom is 0.105 e. The molecule has 1 aliphatic carbocycles. The van der Waals surface area contributed by atoms with Gasteiger partial charge >= 0.3 is 0 Å². The van der Waals surface area contributed by atoms with Gasteiger partial charge in [-0.3, -0.25) is 0 Å². The summed E-state index contributed by atoms with van der Waals surface area (Å²) in [5, 5.41) is 3.71. The summed E-state index contributed by atoms with van der Waals surface area (Å²) in [7, 11) is 1.88. The quantitative estimate of drug-likeness (QED) is 0.819. The number of ether oxygens (including phenoxy) is 1. The monoisotopic (exact) mass is 293 g/mol. The van der Waals surface area contributed by atoms with Crippen molar-refractivity contribution in [3.05, 3.63) is 24.2 Å². The summed E-state index contributed by atoms with van der Waals surface area (Å²) in [6.45, 7) is 7.97. The molecule has 21 heavy (non-hydrogen) atoms. The Morgan fingerprint density at radius 3 is 2.52 bits per heavy atom. The van der Waals surface area contributed by atoms with Gasteiger partial charge in [0, 0.05) is 19.6 Å². The molecule has 1 fully saturated rings. The first-order valence-electron chi connectivity index (χ1n) is 8.32. The first-order chi connectivity index (χ1) is 10.0. The van der Waals surface area contributed by atoms with Crippen LogP contribution in [-0.4, -0.2) is 25.3 Å². The molecule has 0 amide bonds. The van der Waals surface area contributed by atoms with Crippen LogP contribution in [0.25, 0.3) is 0 Å². The van der Waals surface area contributed by atoms with Crippen molar-refractivity contribution in [3.63, 3.8) is 0 Å². The van der Waals surface area contributed by atoms with Crippen LogP contribution in [0.15, 0.2) is 22.8 Å². The van der Waals surface area contributed by atoms with Gasteiger partial charge in [0.15, 0.2) is 0 Å². The van der Waals surface area contributed by atoms with Crippen molar-refractivity contribution in [1.29, 1.82) is 0 Å². The number of furan rings is 1. The lowest BCUT2D eigenvalue weighted by Gasteiger charge is -2.47. The predicted molar refractivity (Wildman–Crippen MR) is 86.5 cm³/mol. The zero-order valence-corrected chi connectivity index (χ0v) is 14.1. The summed E-state index contributed by atoms with van der Waals surface area (Å²) in [5.74, 6) is 1.05. The van der Waals surface area contributed by atoms with E-state index < -0.39 is 0 Å². The first-order valence-corrected chi connectivity index (χ1v) is 8.32. The van der Waals surface area contributed by atoms with Gasteiger partial charge in [0.25, 0.3) is 0 Å². The average molecular weight is 293 g/mol. The van der Waals surface area contributed by atoms with Crippen LogP contribution in [0.2, 0.25) is 0 Å². The Morgan fingerprint density at radius 2 is 2.00 bits per heavy atom. The van der Waals surface area contributed by atoms with Crippen LogP contribution in [0.3, 0.4) is 0 Å². The molecule has 0 saturated heterocycles. The molecule has 120 valence electrons. The lowest BCUT2D eigenvalue weighted by atomic mass is 9.68. The van der Waals surface area contributed by atoms with Crippen LogP contribution in [0.1, 0.15) is 58.6 Å². The van der Waals surface area contributed by atoms with E-state index in [1.54, 1.807) is 6.26 Å². The Balaban J connectivity index is 2.12. The summed E-state index contributed by atoms with van der Waals surface area (Å²) in [6.07, 6.45) is 8.50. The van der Waals surface area contributed by atoms with Crippen molar-refractivity contribution in [1.82, 2.24) is 5.32 Å². The molecule has 0 bridgehead atoms. The topological polar surface area (TPSA) is 34.4 Å².